The molecule has 0 aliphatic rings. The first kappa shape index (κ1) is 18.6. The highest BCUT2D eigenvalue weighted by molar-refractivity contribution is 5.95. The van der Waals surface area contributed by atoms with Crippen molar-refractivity contribution >= 4 is 23.4 Å². The van der Waals surface area contributed by atoms with Crippen molar-refractivity contribution in [2.24, 2.45) is 0 Å². The molecule has 1 amide bonds. The lowest BCUT2D eigenvalue weighted by atomic mass is 10.2. The summed E-state index contributed by atoms with van der Waals surface area (Å²) in [5, 5.41) is 6.01. The lowest BCUT2D eigenvalue weighted by molar-refractivity contribution is 0.0524. The molecule has 2 heterocycles. The molecule has 136 valence electrons. The van der Waals surface area contributed by atoms with Gasteiger partial charge in [0.25, 0.3) is 6.43 Å². The second kappa shape index (κ2) is 6.99. The van der Waals surface area contributed by atoms with Gasteiger partial charge in [0.15, 0.2) is 5.65 Å². The highest BCUT2D eigenvalue weighted by Crippen LogP contribution is 2.23. The van der Waals surface area contributed by atoms with Crippen LogP contribution in [0.3, 0.4) is 0 Å². The second-order valence-corrected chi connectivity index (χ2v) is 6.03. The van der Waals surface area contributed by atoms with Crippen LogP contribution in [0.1, 0.15) is 50.3 Å². The Hall–Kier alpha value is -2.78. The molecule has 0 fully saturated rings. The van der Waals surface area contributed by atoms with Crippen LogP contribution in [0.2, 0.25) is 0 Å². The molecular formula is C15H18F2N4O4. The monoisotopic (exact) mass is 356 g/mol. The Morgan fingerprint density at radius 3 is 2.60 bits per heavy atom. The van der Waals surface area contributed by atoms with E-state index in [9.17, 15) is 18.4 Å². The maximum Gasteiger partial charge on any atom is 0.412 e. The molecular weight excluding hydrogens is 338 g/mol. The number of halogens is 2. The molecule has 0 saturated carbocycles. The number of fused-ring (bicyclic) bond motifs is 1. The summed E-state index contributed by atoms with van der Waals surface area (Å²) >= 11 is 0. The molecule has 0 aliphatic carbocycles. The fraction of sp³-hybridized carbons (Fsp3) is 0.467. The second-order valence-electron chi connectivity index (χ2n) is 6.03. The fourth-order valence-corrected chi connectivity index (χ4v) is 1.93. The molecule has 2 aromatic heterocycles. The number of alkyl halides is 2. The van der Waals surface area contributed by atoms with Gasteiger partial charge in [-0.25, -0.2) is 27.9 Å². The molecule has 2 rings (SSSR count). The van der Waals surface area contributed by atoms with Crippen molar-refractivity contribution in [2.45, 2.75) is 39.7 Å². The van der Waals surface area contributed by atoms with Gasteiger partial charge in [0.2, 0.25) is 5.82 Å². The summed E-state index contributed by atoms with van der Waals surface area (Å²) in [6.45, 7) is 6.77. The molecule has 0 saturated heterocycles. The summed E-state index contributed by atoms with van der Waals surface area (Å²) in [4.78, 5) is 27.6. The van der Waals surface area contributed by atoms with Crippen LogP contribution in [0.4, 0.5) is 19.3 Å². The van der Waals surface area contributed by atoms with E-state index in [0.717, 1.165) is 4.52 Å². The van der Waals surface area contributed by atoms with Crippen LogP contribution < -0.4 is 5.32 Å². The Labute approximate surface area is 142 Å². The zero-order valence-corrected chi connectivity index (χ0v) is 14.2. The van der Waals surface area contributed by atoms with Gasteiger partial charge in [0, 0.05) is 6.20 Å². The van der Waals surface area contributed by atoms with Gasteiger partial charge in [0.05, 0.1) is 17.9 Å². The van der Waals surface area contributed by atoms with E-state index >= 15 is 0 Å². The predicted octanol–water partition coefficient (Wildman–Crippen LogP) is 3.19. The fourth-order valence-electron chi connectivity index (χ4n) is 1.93. The third-order valence-electron chi connectivity index (χ3n) is 2.79. The molecule has 0 unspecified atom stereocenters. The van der Waals surface area contributed by atoms with Gasteiger partial charge in [-0.1, -0.05) is 0 Å². The van der Waals surface area contributed by atoms with Crippen LogP contribution >= 0.6 is 0 Å². The summed E-state index contributed by atoms with van der Waals surface area (Å²) < 4.78 is 36.7. The number of aromatic nitrogens is 3. The van der Waals surface area contributed by atoms with Crippen LogP contribution in [0.5, 0.6) is 0 Å². The minimum atomic E-state index is -2.90. The number of carbonyl (C=O) groups excluding carboxylic acids is 2. The van der Waals surface area contributed by atoms with Crippen LogP contribution in [0.25, 0.3) is 5.65 Å². The molecule has 0 spiro atoms. The first-order valence-corrected chi connectivity index (χ1v) is 7.46. The number of hydrogen-bond donors (Lipinski definition) is 1. The van der Waals surface area contributed by atoms with Crippen LogP contribution in [-0.4, -0.2) is 38.9 Å². The Balaban J connectivity index is 2.47. The van der Waals surface area contributed by atoms with E-state index in [1.165, 1.54) is 12.3 Å². The van der Waals surface area contributed by atoms with Crippen molar-refractivity contribution in [1.82, 2.24) is 14.6 Å². The highest BCUT2D eigenvalue weighted by atomic mass is 19.3. The van der Waals surface area contributed by atoms with E-state index in [2.05, 4.69) is 15.4 Å². The molecule has 8 nitrogen and oxygen atoms in total. The van der Waals surface area contributed by atoms with Crippen LogP contribution in [0.15, 0.2) is 12.3 Å². The number of hydrogen-bond acceptors (Lipinski definition) is 6. The van der Waals surface area contributed by atoms with Gasteiger partial charge in [-0.2, -0.15) is 0 Å². The SMILES string of the molecule is CCOC(=O)c1cc(NC(=O)OC(C)(C)C)c2nc(C(F)F)nn2c1. The van der Waals surface area contributed by atoms with Crippen molar-refractivity contribution in [1.29, 1.82) is 0 Å². The molecule has 0 bridgehead atoms. The third kappa shape index (κ3) is 4.61. The van der Waals surface area contributed by atoms with Gasteiger partial charge < -0.3 is 9.47 Å². The summed E-state index contributed by atoms with van der Waals surface area (Å²) in [6, 6.07) is 1.27. The van der Waals surface area contributed by atoms with E-state index in [1.807, 2.05) is 0 Å². The summed E-state index contributed by atoms with van der Waals surface area (Å²) in [6.07, 6.45) is -2.52. The van der Waals surface area contributed by atoms with Gasteiger partial charge in [-0.3, -0.25) is 5.32 Å². The maximum atomic E-state index is 12.9. The number of amides is 1. The van der Waals surface area contributed by atoms with Gasteiger partial charge >= 0.3 is 12.1 Å². The molecule has 0 aliphatic heterocycles. The average molecular weight is 356 g/mol. The predicted molar refractivity (Wildman–Crippen MR) is 83.8 cm³/mol. The van der Waals surface area contributed by atoms with E-state index in [-0.39, 0.29) is 23.5 Å². The smallest absolute Gasteiger partial charge is 0.412 e. The maximum absolute atomic E-state index is 12.9. The lowest BCUT2D eigenvalue weighted by Gasteiger charge is -2.19. The lowest BCUT2D eigenvalue weighted by Crippen LogP contribution is -2.27. The summed E-state index contributed by atoms with van der Waals surface area (Å²) in [5.74, 6) is -1.42. The van der Waals surface area contributed by atoms with Crippen molar-refractivity contribution in [2.75, 3.05) is 11.9 Å². The molecule has 1 N–H and O–H groups in total. The number of anilines is 1. The molecule has 25 heavy (non-hydrogen) atoms. The largest absolute Gasteiger partial charge is 0.462 e. The van der Waals surface area contributed by atoms with Gasteiger partial charge in [-0.05, 0) is 33.8 Å². The van der Waals surface area contributed by atoms with Crippen molar-refractivity contribution in [3.8, 4) is 0 Å². The van der Waals surface area contributed by atoms with Gasteiger partial charge in [-0.15, -0.1) is 5.10 Å². The number of carbonyl (C=O) groups is 2. The zero-order chi connectivity index (χ0) is 18.8. The minimum Gasteiger partial charge on any atom is -0.462 e. The van der Waals surface area contributed by atoms with E-state index < -0.39 is 29.9 Å². The van der Waals surface area contributed by atoms with Crippen molar-refractivity contribution in [3.05, 3.63) is 23.7 Å². The highest BCUT2D eigenvalue weighted by Gasteiger charge is 2.22. The first-order chi connectivity index (χ1) is 11.6. The Morgan fingerprint density at radius 1 is 1.36 bits per heavy atom. The Bertz CT molecular complexity index is 799. The molecule has 0 atom stereocenters. The first-order valence-electron chi connectivity index (χ1n) is 7.46. The minimum absolute atomic E-state index is 0.000738. The Kier molecular flexibility index (Phi) is 5.19. The molecule has 0 radical (unpaired) electrons. The zero-order valence-electron chi connectivity index (χ0n) is 14.2. The number of ether oxygens (including phenoxy) is 2. The molecule has 2 aromatic rings. The normalized spacial score (nSPS) is 11.6. The van der Waals surface area contributed by atoms with E-state index in [1.54, 1.807) is 27.7 Å². The molecule has 0 aromatic carbocycles. The van der Waals surface area contributed by atoms with Crippen LogP contribution in [0, 0.1) is 0 Å². The molecule has 10 heteroatoms. The van der Waals surface area contributed by atoms with E-state index in [0.29, 0.717) is 0 Å². The number of pyridine rings is 1. The number of rotatable bonds is 4. The van der Waals surface area contributed by atoms with E-state index in [4.69, 9.17) is 9.47 Å². The summed E-state index contributed by atoms with van der Waals surface area (Å²) in [7, 11) is 0. The average Bonchev–Trinajstić information content (AvgIpc) is 2.90. The van der Waals surface area contributed by atoms with Crippen molar-refractivity contribution < 1.29 is 27.8 Å². The number of nitrogens with zero attached hydrogens (tertiary/aromatic N) is 3. The standard InChI is InChI=1S/C15H18F2N4O4/c1-5-24-13(22)8-6-9(18-14(23)25-15(2,3)4)12-19-11(10(16)17)20-21(12)7-8/h6-7,10H,5H2,1-4H3,(H,18,23). The third-order valence-corrected chi connectivity index (χ3v) is 2.79. The van der Waals surface area contributed by atoms with Crippen LogP contribution in [-0.2, 0) is 9.47 Å². The number of esters is 1. The van der Waals surface area contributed by atoms with Crippen molar-refractivity contribution in [3.63, 3.8) is 0 Å². The Morgan fingerprint density at radius 2 is 2.04 bits per heavy atom. The number of nitrogens with one attached hydrogen (secondary N) is 1. The topological polar surface area (TPSA) is 94.8 Å². The van der Waals surface area contributed by atoms with Gasteiger partial charge in [0.1, 0.15) is 5.60 Å². The summed E-state index contributed by atoms with van der Waals surface area (Å²) in [5.41, 5.74) is -0.791. The quantitative estimate of drug-likeness (QED) is 0.846.